The molecule has 2 bridgehead atoms. The van der Waals surface area contributed by atoms with Crippen molar-refractivity contribution in [3.05, 3.63) is 66.3 Å². The predicted molar refractivity (Wildman–Crippen MR) is 113 cm³/mol. The fraction of sp³-hybridized carbons (Fsp3) is 0.480. The molecule has 3 fully saturated rings. The second-order valence-electron chi connectivity index (χ2n) is 8.69. The molecule has 2 aromatic rings. The summed E-state index contributed by atoms with van der Waals surface area (Å²) in [7, 11) is 0. The predicted octanol–water partition coefficient (Wildman–Crippen LogP) is 6.39. The molecule has 5 rings (SSSR count). The van der Waals surface area contributed by atoms with Crippen LogP contribution in [0.3, 0.4) is 0 Å². The molecular formula is C25H30FNO2. The largest absolute Gasteiger partial charge is 0.491 e. The van der Waals surface area contributed by atoms with Gasteiger partial charge in [-0.1, -0.05) is 19.1 Å². The standard InChI is InChI=1S/C25H30FNO2/c1-2-20(16-26)18-28-22-7-5-21(6-8-22)25-12-9-24(10-13-25,11-14-25)19-29-23-4-3-15-27-17-23/h3-8,15-17H,2,9-14,18-19H2,1H3/b20-16+. The number of nitrogens with zero attached hydrogens (tertiary/aromatic N) is 1. The molecule has 29 heavy (non-hydrogen) atoms. The molecule has 3 saturated carbocycles. The van der Waals surface area contributed by atoms with Crippen molar-refractivity contribution >= 4 is 0 Å². The molecule has 0 aliphatic heterocycles. The van der Waals surface area contributed by atoms with Gasteiger partial charge < -0.3 is 9.47 Å². The summed E-state index contributed by atoms with van der Waals surface area (Å²) in [5.74, 6) is 1.68. The second kappa shape index (κ2) is 8.56. The zero-order valence-electron chi connectivity index (χ0n) is 17.2. The van der Waals surface area contributed by atoms with Gasteiger partial charge >= 0.3 is 0 Å². The van der Waals surface area contributed by atoms with Gasteiger partial charge in [0.2, 0.25) is 0 Å². The number of benzene rings is 1. The molecule has 154 valence electrons. The molecule has 3 aliphatic rings. The summed E-state index contributed by atoms with van der Waals surface area (Å²) < 4.78 is 24.5. The lowest BCUT2D eigenvalue weighted by atomic mass is 9.52. The van der Waals surface area contributed by atoms with Crippen molar-refractivity contribution in [3.63, 3.8) is 0 Å². The fourth-order valence-corrected chi connectivity index (χ4v) is 4.87. The monoisotopic (exact) mass is 395 g/mol. The molecule has 1 heterocycles. The lowest BCUT2D eigenvalue weighted by Gasteiger charge is -2.53. The van der Waals surface area contributed by atoms with Crippen LogP contribution in [0, 0.1) is 5.41 Å². The highest BCUT2D eigenvalue weighted by Gasteiger charge is 2.49. The zero-order chi connectivity index (χ0) is 20.2. The summed E-state index contributed by atoms with van der Waals surface area (Å²) >= 11 is 0. The van der Waals surface area contributed by atoms with Crippen molar-refractivity contribution in [2.45, 2.75) is 57.3 Å². The van der Waals surface area contributed by atoms with E-state index in [0.29, 0.717) is 35.8 Å². The summed E-state index contributed by atoms with van der Waals surface area (Å²) in [6.45, 7) is 3.05. The summed E-state index contributed by atoms with van der Waals surface area (Å²) in [5.41, 5.74) is 2.71. The normalized spacial score (nSPS) is 26.3. The summed E-state index contributed by atoms with van der Waals surface area (Å²) in [6.07, 6.45) is 12.2. The van der Waals surface area contributed by atoms with Crippen LogP contribution in [-0.4, -0.2) is 18.2 Å². The van der Waals surface area contributed by atoms with Crippen molar-refractivity contribution in [2.24, 2.45) is 5.41 Å². The van der Waals surface area contributed by atoms with Crippen LogP contribution in [0.5, 0.6) is 11.5 Å². The highest BCUT2D eigenvalue weighted by atomic mass is 19.1. The van der Waals surface area contributed by atoms with Crippen LogP contribution in [0.1, 0.15) is 57.4 Å². The zero-order valence-corrected chi connectivity index (χ0v) is 17.2. The van der Waals surface area contributed by atoms with Gasteiger partial charge in [0.25, 0.3) is 0 Å². The van der Waals surface area contributed by atoms with Gasteiger partial charge in [0.05, 0.1) is 19.1 Å². The summed E-state index contributed by atoms with van der Waals surface area (Å²) in [4.78, 5) is 4.14. The molecule has 0 saturated heterocycles. The highest BCUT2D eigenvalue weighted by molar-refractivity contribution is 5.34. The van der Waals surface area contributed by atoms with E-state index in [1.165, 1.54) is 44.1 Å². The molecule has 0 unspecified atom stereocenters. The van der Waals surface area contributed by atoms with E-state index in [1.807, 2.05) is 31.2 Å². The first kappa shape index (κ1) is 19.9. The number of fused-ring (bicyclic) bond motifs is 3. The molecule has 3 nitrogen and oxygen atoms in total. The number of hydrogen-bond donors (Lipinski definition) is 0. The molecule has 0 spiro atoms. The average molecular weight is 396 g/mol. The van der Waals surface area contributed by atoms with E-state index in [1.54, 1.807) is 12.4 Å². The van der Waals surface area contributed by atoms with E-state index in [2.05, 4.69) is 17.1 Å². The minimum atomic E-state index is 0.294. The van der Waals surface area contributed by atoms with Crippen molar-refractivity contribution < 1.29 is 13.9 Å². The first-order chi connectivity index (χ1) is 14.2. The minimum absolute atomic E-state index is 0.294. The smallest absolute Gasteiger partial charge is 0.137 e. The number of halogens is 1. The average Bonchev–Trinajstić information content (AvgIpc) is 2.81. The number of ether oxygens (including phenoxy) is 2. The van der Waals surface area contributed by atoms with Crippen LogP contribution in [0.15, 0.2) is 60.7 Å². The maximum absolute atomic E-state index is 12.7. The van der Waals surface area contributed by atoms with Crippen molar-refractivity contribution in [2.75, 3.05) is 13.2 Å². The van der Waals surface area contributed by atoms with Crippen LogP contribution in [0.4, 0.5) is 4.39 Å². The van der Waals surface area contributed by atoms with E-state index >= 15 is 0 Å². The molecule has 0 radical (unpaired) electrons. The molecule has 1 aromatic carbocycles. The van der Waals surface area contributed by atoms with Crippen LogP contribution in [0.25, 0.3) is 0 Å². The van der Waals surface area contributed by atoms with Gasteiger partial charge in [-0.15, -0.1) is 0 Å². The molecule has 0 atom stereocenters. The summed E-state index contributed by atoms with van der Waals surface area (Å²) in [6, 6.07) is 12.4. The maximum Gasteiger partial charge on any atom is 0.137 e. The molecule has 0 amide bonds. The van der Waals surface area contributed by atoms with E-state index in [-0.39, 0.29) is 0 Å². The van der Waals surface area contributed by atoms with Gasteiger partial charge in [0.1, 0.15) is 18.1 Å². The maximum atomic E-state index is 12.7. The number of pyridine rings is 1. The number of hydrogen-bond acceptors (Lipinski definition) is 3. The Labute approximate surface area is 173 Å². The number of aromatic nitrogens is 1. The third-order valence-corrected chi connectivity index (χ3v) is 7.08. The first-order valence-corrected chi connectivity index (χ1v) is 10.7. The topological polar surface area (TPSA) is 31.4 Å². The third kappa shape index (κ3) is 4.31. The van der Waals surface area contributed by atoms with E-state index in [4.69, 9.17) is 9.47 Å². The Balaban J connectivity index is 1.35. The van der Waals surface area contributed by atoms with Crippen molar-refractivity contribution in [1.82, 2.24) is 4.98 Å². The second-order valence-corrected chi connectivity index (χ2v) is 8.69. The van der Waals surface area contributed by atoms with Gasteiger partial charge in [-0.2, -0.15) is 0 Å². The molecule has 1 aromatic heterocycles. The Kier molecular flexibility index (Phi) is 5.89. The SMILES string of the molecule is CC/C(=C\F)COc1ccc(C23CCC(COc4cccnc4)(CC2)CC3)cc1. The minimum Gasteiger partial charge on any atom is -0.491 e. The molecular weight excluding hydrogens is 365 g/mol. The van der Waals surface area contributed by atoms with E-state index in [9.17, 15) is 4.39 Å². The van der Waals surface area contributed by atoms with E-state index < -0.39 is 0 Å². The lowest BCUT2D eigenvalue weighted by Crippen LogP contribution is -2.46. The van der Waals surface area contributed by atoms with Crippen molar-refractivity contribution in [1.29, 1.82) is 0 Å². The Morgan fingerprint density at radius 3 is 2.31 bits per heavy atom. The highest BCUT2D eigenvalue weighted by Crippen LogP contribution is 2.57. The quantitative estimate of drug-likeness (QED) is 0.519. The fourth-order valence-electron chi connectivity index (χ4n) is 4.87. The lowest BCUT2D eigenvalue weighted by molar-refractivity contribution is 0.00124. The van der Waals surface area contributed by atoms with Crippen LogP contribution < -0.4 is 9.47 Å². The van der Waals surface area contributed by atoms with E-state index in [0.717, 1.165) is 18.1 Å². The number of rotatable bonds is 8. The Bertz CT molecular complexity index is 807. The Morgan fingerprint density at radius 1 is 1.00 bits per heavy atom. The molecule has 3 aliphatic carbocycles. The van der Waals surface area contributed by atoms with Crippen LogP contribution >= 0.6 is 0 Å². The van der Waals surface area contributed by atoms with Gasteiger partial charge in [0, 0.05) is 11.6 Å². The Morgan fingerprint density at radius 2 is 1.72 bits per heavy atom. The Hall–Kier alpha value is -2.36. The van der Waals surface area contributed by atoms with Gasteiger partial charge in [-0.3, -0.25) is 4.98 Å². The first-order valence-electron chi connectivity index (χ1n) is 10.7. The van der Waals surface area contributed by atoms with Crippen LogP contribution in [-0.2, 0) is 5.41 Å². The van der Waals surface area contributed by atoms with Gasteiger partial charge in [0.15, 0.2) is 0 Å². The van der Waals surface area contributed by atoms with Crippen molar-refractivity contribution in [3.8, 4) is 11.5 Å². The van der Waals surface area contributed by atoms with Gasteiger partial charge in [-0.05, 0) is 85.8 Å². The molecule has 0 N–H and O–H groups in total. The molecule has 4 heteroatoms. The third-order valence-electron chi connectivity index (χ3n) is 7.08. The van der Waals surface area contributed by atoms with Crippen LogP contribution in [0.2, 0.25) is 0 Å². The summed E-state index contributed by atoms with van der Waals surface area (Å²) in [5, 5.41) is 0. The van der Waals surface area contributed by atoms with Gasteiger partial charge in [-0.25, -0.2) is 4.39 Å².